The molecule has 0 aromatic carbocycles. The molecule has 238 valence electrons. The Hall–Kier alpha value is -1.32. The molecule has 0 radical (unpaired) electrons. The third kappa shape index (κ3) is 43.7. The molecule has 0 rings (SSSR count). The number of hydrogen-bond donors (Lipinski definition) is 2. The summed E-state index contributed by atoms with van der Waals surface area (Å²) in [5.41, 5.74) is 10.2. The van der Waals surface area contributed by atoms with Crippen molar-refractivity contribution in [2.45, 2.75) is 206 Å². The van der Waals surface area contributed by atoms with Crippen molar-refractivity contribution in [2.75, 3.05) is 0 Å². The van der Waals surface area contributed by atoms with Gasteiger partial charge in [-0.15, -0.1) is 0 Å². The van der Waals surface area contributed by atoms with Crippen LogP contribution >= 0.6 is 0 Å². The Morgan fingerprint density at radius 2 is 0.600 bits per heavy atom. The zero-order valence-electron chi connectivity index (χ0n) is 27.3. The molecule has 0 heterocycles. The van der Waals surface area contributed by atoms with Crippen LogP contribution in [0.25, 0.3) is 0 Å². The first-order valence-electron chi connectivity index (χ1n) is 17.8. The molecule has 0 aromatic heterocycles. The molecule has 0 saturated heterocycles. The fraction of sp³-hybridized carbons (Fsp3) is 0.889. The minimum atomic E-state index is -0.164. The van der Waals surface area contributed by atoms with Gasteiger partial charge in [0.2, 0.25) is 11.8 Å². The molecule has 4 N–H and O–H groups in total. The van der Waals surface area contributed by atoms with Crippen LogP contribution in [0.2, 0.25) is 0 Å². The van der Waals surface area contributed by atoms with E-state index >= 15 is 0 Å². The number of rotatable bonds is 31. The van der Waals surface area contributed by atoms with Crippen LogP contribution in [0, 0.1) is 0 Å². The van der Waals surface area contributed by atoms with Gasteiger partial charge in [0.15, 0.2) is 0 Å². The molecular weight excluding hydrogens is 492 g/mol. The molecule has 0 aliphatic heterocycles. The van der Waals surface area contributed by atoms with Gasteiger partial charge in [-0.1, -0.05) is 167 Å². The number of carbonyl (C=O) groups excluding carboxylic acids is 2. The number of nitrogens with two attached hydrogens (primary N) is 2. The highest BCUT2D eigenvalue weighted by Gasteiger charge is 1.97. The summed E-state index contributed by atoms with van der Waals surface area (Å²) in [6, 6.07) is 0. The van der Waals surface area contributed by atoms with Gasteiger partial charge in [0, 0.05) is 12.8 Å². The summed E-state index contributed by atoms with van der Waals surface area (Å²) in [7, 11) is 0. The molecule has 0 aliphatic rings. The average Bonchev–Trinajstić information content (AvgIpc) is 2.93. The van der Waals surface area contributed by atoms with Crippen LogP contribution < -0.4 is 11.5 Å². The van der Waals surface area contributed by atoms with Crippen LogP contribution in [0.1, 0.15) is 206 Å². The molecule has 0 aromatic rings. The van der Waals surface area contributed by atoms with E-state index in [1.807, 2.05) is 0 Å². The number of hydrogen-bond acceptors (Lipinski definition) is 2. The summed E-state index contributed by atoms with van der Waals surface area (Å²) < 4.78 is 0. The smallest absolute Gasteiger partial charge is 0.217 e. The quantitative estimate of drug-likeness (QED) is 0.0648. The van der Waals surface area contributed by atoms with Gasteiger partial charge in [-0.2, -0.15) is 0 Å². The van der Waals surface area contributed by atoms with Crippen molar-refractivity contribution >= 4 is 11.8 Å². The lowest BCUT2D eigenvalue weighted by Gasteiger charge is -2.03. The fourth-order valence-electron chi connectivity index (χ4n) is 5.04. The van der Waals surface area contributed by atoms with Crippen molar-refractivity contribution in [3.63, 3.8) is 0 Å². The Bertz CT molecular complexity index is 533. The Balaban J connectivity index is 0. The van der Waals surface area contributed by atoms with E-state index in [0.29, 0.717) is 12.8 Å². The topological polar surface area (TPSA) is 86.2 Å². The lowest BCUT2D eigenvalue weighted by Crippen LogP contribution is -2.09. The number of carbonyl (C=O) groups is 2. The number of unbranched alkanes of at least 4 members (excludes halogenated alkanes) is 25. The van der Waals surface area contributed by atoms with E-state index in [1.54, 1.807) is 0 Å². The largest absolute Gasteiger partial charge is 0.370 e. The molecular formula is C36H72N2O2. The summed E-state index contributed by atoms with van der Waals surface area (Å²) in [5, 5.41) is 0. The maximum Gasteiger partial charge on any atom is 0.217 e. The molecule has 0 atom stereocenters. The number of allylic oxidation sites excluding steroid dienone is 2. The minimum absolute atomic E-state index is 0.153. The maximum atomic E-state index is 10.6. The molecule has 0 bridgehead atoms. The zero-order valence-corrected chi connectivity index (χ0v) is 27.3. The van der Waals surface area contributed by atoms with Crippen molar-refractivity contribution in [1.29, 1.82) is 0 Å². The highest BCUT2D eigenvalue weighted by molar-refractivity contribution is 5.73. The summed E-state index contributed by atoms with van der Waals surface area (Å²) >= 11 is 0. The third-order valence-corrected chi connectivity index (χ3v) is 7.71. The Labute approximate surface area is 251 Å². The minimum Gasteiger partial charge on any atom is -0.370 e. The van der Waals surface area contributed by atoms with Crippen LogP contribution in [0.5, 0.6) is 0 Å². The molecule has 2 amide bonds. The van der Waals surface area contributed by atoms with Crippen molar-refractivity contribution in [1.82, 2.24) is 0 Å². The second-order valence-corrected chi connectivity index (χ2v) is 12.0. The van der Waals surface area contributed by atoms with E-state index in [-0.39, 0.29) is 11.8 Å². The Morgan fingerprint density at radius 1 is 0.375 bits per heavy atom. The monoisotopic (exact) mass is 565 g/mol. The van der Waals surface area contributed by atoms with Crippen LogP contribution in [-0.4, -0.2) is 11.8 Å². The van der Waals surface area contributed by atoms with Gasteiger partial charge in [-0.05, 0) is 38.5 Å². The van der Waals surface area contributed by atoms with Gasteiger partial charge in [0.25, 0.3) is 0 Å². The van der Waals surface area contributed by atoms with Crippen molar-refractivity contribution in [3.8, 4) is 0 Å². The second kappa shape index (κ2) is 37.7. The first-order chi connectivity index (χ1) is 19.5. The summed E-state index contributed by atoms with van der Waals surface area (Å²) in [5.74, 6) is -0.317. The van der Waals surface area contributed by atoms with Crippen LogP contribution in [-0.2, 0) is 9.59 Å². The first kappa shape index (κ1) is 40.8. The van der Waals surface area contributed by atoms with E-state index < -0.39 is 0 Å². The lowest BCUT2D eigenvalue weighted by molar-refractivity contribution is -0.119. The van der Waals surface area contributed by atoms with E-state index in [2.05, 4.69) is 26.0 Å². The van der Waals surface area contributed by atoms with E-state index in [1.165, 1.54) is 161 Å². The van der Waals surface area contributed by atoms with E-state index in [9.17, 15) is 9.59 Å². The molecule has 40 heavy (non-hydrogen) atoms. The predicted molar refractivity (Wildman–Crippen MR) is 177 cm³/mol. The number of amides is 2. The Morgan fingerprint density at radius 3 is 0.850 bits per heavy atom. The van der Waals surface area contributed by atoms with Gasteiger partial charge in [0.1, 0.15) is 0 Å². The summed E-state index contributed by atoms with van der Waals surface area (Å²) in [6.45, 7) is 4.54. The van der Waals surface area contributed by atoms with E-state index in [0.717, 1.165) is 19.3 Å². The highest BCUT2D eigenvalue weighted by atomic mass is 16.1. The van der Waals surface area contributed by atoms with Gasteiger partial charge in [0.05, 0.1) is 0 Å². The van der Waals surface area contributed by atoms with Crippen LogP contribution in [0.15, 0.2) is 12.2 Å². The number of primary amides is 2. The second-order valence-electron chi connectivity index (χ2n) is 12.0. The van der Waals surface area contributed by atoms with Crippen molar-refractivity contribution in [3.05, 3.63) is 12.2 Å². The highest BCUT2D eigenvalue weighted by Crippen LogP contribution is 2.14. The lowest BCUT2D eigenvalue weighted by atomic mass is 10.0. The van der Waals surface area contributed by atoms with Gasteiger partial charge >= 0.3 is 0 Å². The third-order valence-electron chi connectivity index (χ3n) is 7.71. The fourth-order valence-corrected chi connectivity index (χ4v) is 5.04. The normalized spacial score (nSPS) is 11.1. The molecule has 0 saturated carbocycles. The van der Waals surface area contributed by atoms with E-state index in [4.69, 9.17) is 11.5 Å². The molecule has 4 heteroatoms. The average molecular weight is 565 g/mol. The summed E-state index contributed by atoms with van der Waals surface area (Å²) in [4.78, 5) is 21.1. The molecule has 0 spiro atoms. The zero-order chi connectivity index (χ0) is 29.8. The van der Waals surface area contributed by atoms with Gasteiger partial charge < -0.3 is 11.5 Å². The predicted octanol–water partition coefficient (Wildman–Crippen LogP) is 11.2. The summed E-state index contributed by atoms with van der Waals surface area (Å²) in [6.07, 6.45) is 42.8. The van der Waals surface area contributed by atoms with Gasteiger partial charge in [-0.25, -0.2) is 0 Å². The SMILES string of the molecule is CCCCCCCC/C=C\CCCCCCCC(N)=O.CCCCCCCCCCCCCCCCCC(N)=O. The molecule has 0 fully saturated rings. The van der Waals surface area contributed by atoms with Crippen LogP contribution in [0.3, 0.4) is 0 Å². The molecule has 4 nitrogen and oxygen atoms in total. The van der Waals surface area contributed by atoms with Crippen LogP contribution in [0.4, 0.5) is 0 Å². The van der Waals surface area contributed by atoms with Crippen molar-refractivity contribution < 1.29 is 9.59 Å². The Kier molecular flexibility index (Phi) is 38.5. The standard InChI is InChI=1S/C18H37NO.C18H35NO/c2*1-2-3-4-5-6-7-8-9-10-11-12-13-14-15-16-17-18(19)20/h2-17H2,1H3,(H2,19,20);9-10H,2-8,11-17H2,1H3,(H2,19,20)/b;10-9-. The van der Waals surface area contributed by atoms with Crippen molar-refractivity contribution in [2.24, 2.45) is 11.5 Å². The maximum absolute atomic E-state index is 10.6. The molecule has 0 unspecified atom stereocenters. The first-order valence-corrected chi connectivity index (χ1v) is 17.8. The van der Waals surface area contributed by atoms with Gasteiger partial charge in [-0.3, -0.25) is 9.59 Å². The molecule has 0 aliphatic carbocycles.